The van der Waals surface area contributed by atoms with E-state index in [1.165, 1.54) is 18.2 Å². The Morgan fingerprint density at radius 1 is 1.50 bits per heavy atom. The van der Waals surface area contributed by atoms with Crippen LogP contribution in [-0.2, 0) is 4.79 Å². The van der Waals surface area contributed by atoms with Crippen LogP contribution in [-0.4, -0.2) is 21.3 Å². The summed E-state index contributed by atoms with van der Waals surface area (Å²) in [4.78, 5) is 10.3. The van der Waals surface area contributed by atoms with Gasteiger partial charge in [-0.1, -0.05) is 17.7 Å². The zero-order valence-corrected chi connectivity index (χ0v) is 7.90. The molecule has 1 aromatic carbocycles. The van der Waals surface area contributed by atoms with Gasteiger partial charge in [-0.15, -0.1) is 0 Å². The minimum Gasteiger partial charge on any atom is -0.508 e. The van der Waals surface area contributed by atoms with E-state index in [9.17, 15) is 15.0 Å². The highest BCUT2D eigenvalue weighted by molar-refractivity contribution is 6.30. The molecule has 1 rings (SSSR count). The lowest BCUT2D eigenvalue weighted by Gasteiger charge is -2.10. The summed E-state index contributed by atoms with van der Waals surface area (Å²) in [5.41, 5.74) is 0.164. The fraction of sp³-hybridized carbons (Fsp3) is 0.222. The molecule has 1 atom stereocenters. The molecule has 1 unspecified atom stereocenters. The average Bonchev–Trinajstić information content (AvgIpc) is 2.01. The first kappa shape index (κ1) is 10.8. The van der Waals surface area contributed by atoms with Gasteiger partial charge < -0.3 is 15.3 Å². The Bertz CT molecular complexity index is 351. The quantitative estimate of drug-likeness (QED) is 0.717. The van der Waals surface area contributed by atoms with Crippen LogP contribution in [0.4, 0.5) is 0 Å². The number of carboxylic acids is 1. The van der Waals surface area contributed by atoms with Crippen molar-refractivity contribution >= 4 is 17.6 Å². The number of hydrogen-bond donors (Lipinski definition) is 3. The molecule has 0 radical (unpaired) electrons. The van der Waals surface area contributed by atoms with Crippen LogP contribution in [0, 0.1) is 0 Å². The highest BCUT2D eigenvalue weighted by atomic mass is 35.5. The molecule has 0 aliphatic heterocycles. The molecular formula is C9H9ClO4. The summed E-state index contributed by atoms with van der Waals surface area (Å²) in [7, 11) is 0. The number of aliphatic hydroxyl groups excluding tert-OH is 1. The van der Waals surface area contributed by atoms with Gasteiger partial charge in [0.05, 0.1) is 12.5 Å². The van der Waals surface area contributed by atoms with Crippen LogP contribution in [0.25, 0.3) is 0 Å². The van der Waals surface area contributed by atoms with E-state index in [2.05, 4.69) is 0 Å². The highest BCUT2D eigenvalue weighted by Crippen LogP contribution is 2.28. The first-order chi connectivity index (χ1) is 6.50. The van der Waals surface area contributed by atoms with Crippen molar-refractivity contribution in [1.29, 1.82) is 0 Å². The van der Waals surface area contributed by atoms with Crippen molar-refractivity contribution in [1.82, 2.24) is 0 Å². The Morgan fingerprint density at radius 2 is 2.14 bits per heavy atom. The fourth-order valence-electron chi connectivity index (χ4n) is 1.07. The first-order valence-corrected chi connectivity index (χ1v) is 4.26. The number of halogens is 1. The lowest BCUT2D eigenvalue weighted by atomic mass is 10.1. The van der Waals surface area contributed by atoms with Crippen LogP contribution >= 0.6 is 11.6 Å². The number of carbonyl (C=O) groups is 1. The number of rotatable bonds is 3. The van der Waals surface area contributed by atoms with Gasteiger partial charge in [0.25, 0.3) is 0 Å². The predicted octanol–water partition coefficient (Wildman–Crippen LogP) is 1.55. The van der Waals surface area contributed by atoms with E-state index >= 15 is 0 Å². The minimum absolute atomic E-state index is 0.164. The van der Waals surface area contributed by atoms with Gasteiger partial charge in [-0.25, -0.2) is 0 Å². The second-order valence-corrected chi connectivity index (χ2v) is 3.25. The van der Waals surface area contributed by atoms with Crippen molar-refractivity contribution in [3.05, 3.63) is 28.8 Å². The summed E-state index contributed by atoms with van der Waals surface area (Å²) in [6.07, 6.45) is -1.67. The molecule has 4 nitrogen and oxygen atoms in total. The van der Waals surface area contributed by atoms with Gasteiger partial charge in [-0.05, 0) is 12.1 Å². The van der Waals surface area contributed by atoms with Crippen LogP contribution in [0.1, 0.15) is 18.1 Å². The zero-order chi connectivity index (χ0) is 10.7. The van der Waals surface area contributed by atoms with Gasteiger partial charge in [-0.2, -0.15) is 0 Å². The van der Waals surface area contributed by atoms with Crippen LogP contribution in [0.3, 0.4) is 0 Å². The zero-order valence-electron chi connectivity index (χ0n) is 7.14. The molecule has 0 saturated heterocycles. The molecule has 0 aliphatic rings. The summed E-state index contributed by atoms with van der Waals surface area (Å²) in [6.45, 7) is 0. The smallest absolute Gasteiger partial charge is 0.306 e. The summed E-state index contributed by atoms with van der Waals surface area (Å²) < 4.78 is 0. The molecule has 0 amide bonds. The van der Waals surface area contributed by atoms with Gasteiger partial charge in [0.1, 0.15) is 5.75 Å². The molecule has 14 heavy (non-hydrogen) atoms. The Labute approximate surface area is 85.4 Å². The molecule has 0 aromatic heterocycles. The summed E-state index contributed by atoms with van der Waals surface area (Å²) in [5.74, 6) is -1.34. The van der Waals surface area contributed by atoms with Crippen molar-refractivity contribution in [3.8, 4) is 5.75 Å². The summed E-state index contributed by atoms with van der Waals surface area (Å²) in [5, 5.41) is 27.5. The van der Waals surface area contributed by atoms with Crippen LogP contribution in [0.15, 0.2) is 18.2 Å². The molecule has 5 heteroatoms. The molecule has 1 aromatic rings. The largest absolute Gasteiger partial charge is 0.508 e. The fourth-order valence-corrected chi connectivity index (χ4v) is 1.24. The van der Waals surface area contributed by atoms with Crippen LogP contribution in [0.5, 0.6) is 5.75 Å². The number of benzene rings is 1. The Balaban J connectivity index is 2.90. The van der Waals surface area contributed by atoms with Crippen molar-refractivity contribution in [2.75, 3.05) is 0 Å². The lowest BCUT2D eigenvalue weighted by Crippen LogP contribution is -2.05. The van der Waals surface area contributed by atoms with Crippen molar-refractivity contribution in [2.24, 2.45) is 0 Å². The standard InChI is InChI=1S/C9H9ClO4/c10-5-1-2-6(7(11)3-5)8(12)4-9(13)14/h1-3,8,11-12H,4H2,(H,13,14). The second kappa shape index (κ2) is 4.30. The average molecular weight is 217 g/mol. The molecule has 0 heterocycles. The predicted molar refractivity (Wildman–Crippen MR) is 50.3 cm³/mol. The van der Waals surface area contributed by atoms with E-state index in [-0.39, 0.29) is 11.3 Å². The number of aliphatic carboxylic acids is 1. The number of carboxylic acid groups (broad SMARTS) is 1. The molecular weight excluding hydrogens is 208 g/mol. The van der Waals surface area contributed by atoms with Crippen LogP contribution < -0.4 is 0 Å². The first-order valence-electron chi connectivity index (χ1n) is 3.89. The van der Waals surface area contributed by atoms with Gasteiger partial charge in [0.15, 0.2) is 0 Å². The molecule has 0 bridgehead atoms. The number of aliphatic hydroxyl groups is 1. The van der Waals surface area contributed by atoms with E-state index in [1.54, 1.807) is 0 Å². The Kier molecular flexibility index (Phi) is 3.33. The maximum atomic E-state index is 10.3. The summed E-state index contributed by atoms with van der Waals surface area (Å²) in [6, 6.07) is 4.12. The van der Waals surface area contributed by atoms with E-state index in [4.69, 9.17) is 16.7 Å². The number of aromatic hydroxyl groups is 1. The maximum Gasteiger partial charge on any atom is 0.306 e. The topological polar surface area (TPSA) is 77.8 Å². The molecule has 0 spiro atoms. The van der Waals surface area contributed by atoms with Gasteiger partial charge in [0, 0.05) is 10.6 Å². The SMILES string of the molecule is O=C(O)CC(O)c1ccc(Cl)cc1O. The third-order valence-corrected chi connectivity index (χ3v) is 1.95. The maximum absolute atomic E-state index is 10.3. The van der Waals surface area contributed by atoms with Crippen LogP contribution in [0.2, 0.25) is 5.02 Å². The van der Waals surface area contributed by atoms with Gasteiger partial charge in [-0.3, -0.25) is 4.79 Å². The molecule has 76 valence electrons. The second-order valence-electron chi connectivity index (χ2n) is 2.82. The molecule has 0 saturated carbocycles. The van der Waals surface area contributed by atoms with E-state index < -0.39 is 18.5 Å². The summed E-state index contributed by atoms with van der Waals surface area (Å²) >= 11 is 5.57. The lowest BCUT2D eigenvalue weighted by molar-refractivity contribution is -0.139. The normalized spacial score (nSPS) is 12.4. The van der Waals surface area contributed by atoms with E-state index in [0.29, 0.717) is 5.02 Å². The van der Waals surface area contributed by atoms with Crippen molar-refractivity contribution < 1.29 is 20.1 Å². The van der Waals surface area contributed by atoms with Gasteiger partial charge >= 0.3 is 5.97 Å². The highest BCUT2D eigenvalue weighted by Gasteiger charge is 2.15. The van der Waals surface area contributed by atoms with Gasteiger partial charge in [0.2, 0.25) is 0 Å². The van der Waals surface area contributed by atoms with Crippen molar-refractivity contribution in [3.63, 3.8) is 0 Å². The monoisotopic (exact) mass is 216 g/mol. The molecule has 0 aliphatic carbocycles. The van der Waals surface area contributed by atoms with E-state index in [0.717, 1.165) is 0 Å². The third kappa shape index (κ3) is 2.61. The molecule has 3 N–H and O–H groups in total. The Hall–Kier alpha value is -1.26. The minimum atomic E-state index is -1.22. The molecule has 0 fully saturated rings. The Morgan fingerprint density at radius 3 is 2.64 bits per heavy atom. The number of phenols is 1. The van der Waals surface area contributed by atoms with E-state index in [1.807, 2.05) is 0 Å². The number of hydrogen-bond acceptors (Lipinski definition) is 3. The van der Waals surface area contributed by atoms with Crippen molar-refractivity contribution in [2.45, 2.75) is 12.5 Å². The number of phenolic OH excluding ortho intramolecular Hbond substituents is 1. The third-order valence-electron chi connectivity index (χ3n) is 1.72.